The Bertz CT molecular complexity index is 500. The molecular weight excluding hydrogens is 428 g/mol. The third-order valence-electron chi connectivity index (χ3n) is 4.02. The second kappa shape index (κ2) is 12.5. The van der Waals surface area contributed by atoms with Gasteiger partial charge in [-0.15, -0.1) is 0 Å². The standard InChI is InChI=1S/C17H38O6S4/c1-16(2,14-26(18,19)20)8-5-10-24-12-7-13-25-11-6-9-17(3,4)15-27(21,22)23/h18-20H,5-15H2,1-4H3,(H,21,22,23). The van der Waals surface area contributed by atoms with Gasteiger partial charge in [0.1, 0.15) is 0 Å². The lowest BCUT2D eigenvalue weighted by atomic mass is 9.91. The van der Waals surface area contributed by atoms with Gasteiger partial charge < -0.3 is 13.7 Å². The minimum atomic E-state index is -3.91. The van der Waals surface area contributed by atoms with E-state index in [1.54, 1.807) is 0 Å². The van der Waals surface area contributed by atoms with Crippen molar-refractivity contribution in [1.82, 2.24) is 0 Å². The van der Waals surface area contributed by atoms with Crippen LogP contribution in [0.2, 0.25) is 0 Å². The molecule has 0 aromatic heterocycles. The normalized spacial score (nSPS) is 14.5. The maximum Gasteiger partial charge on any atom is 0.265 e. The van der Waals surface area contributed by atoms with E-state index in [4.69, 9.17) is 18.2 Å². The fraction of sp³-hybridized carbons (Fsp3) is 1.00. The first kappa shape index (κ1) is 27.8. The highest BCUT2D eigenvalue weighted by atomic mass is 32.3. The molecule has 0 rings (SSSR count). The molecule has 0 aliphatic heterocycles. The predicted molar refractivity (Wildman–Crippen MR) is 122 cm³/mol. The topological polar surface area (TPSA) is 115 Å². The van der Waals surface area contributed by atoms with Crippen molar-refractivity contribution in [2.75, 3.05) is 34.5 Å². The zero-order chi connectivity index (χ0) is 21.2. The monoisotopic (exact) mass is 466 g/mol. The van der Waals surface area contributed by atoms with Gasteiger partial charge in [0.2, 0.25) is 0 Å². The molecule has 0 aliphatic carbocycles. The quantitative estimate of drug-likeness (QED) is 0.172. The van der Waals surface area contributed by atoms with E-state index in [0.717, 1.165) is 55.1 Å². The molecule has 0 fully saturated rings. The van der Waals surface area contributed by atoms with Gasteiger partial charge in [0.15, 0.2) is 0 Å². The highest BCUT2D eigenvalue weighted by Crippen LogP contribution is 2.42. The molecule has 0 heterocycles. The molecule has 0 amide bonds. The van der Waals surface area contributed by atoms with Gasteiger partial charge in [-0.3, -0.25) is 4.55 Å². The van der Waals surface area contributed by atoms with Gasteiger partial charge in [-0.1, -0.05) is 27.7 Å². The van der Waals surface area contributed by atoms with Gasteiger partial charge >= 0.3 is 0 Å². The summed E-state index contributed by atoms with van der Waals surface area (Å²) in [5.41, 5.74) is -0.659. The van der Waals surface area contributed by atoms with Crippen LogP contribution in [0.1, 0.15) is 59.8 Å². The van der Waals surface area contributed by atoms with Crippen LogP contribution in [-0.2, 0) is 10.1 Å². The summed E-state index contributed by atoms with van der Waals surface area (Å²) in [5.74, 6) is 4.06. The van der Waals surface area contributed by atoms with Gasteiger partial charge in [0.05, 0.1) is 22.4 Å². The van der Waals surface area contributed by atoms with Gasteiger partial charge in [-0.25, -0.2) is 0 Å². The first-order chi connectivity index (χ1) is 12.1. The highest BCUT2D eigenvalue weighted by molar-refractivity contribution is 8.19. The highest BCUT2D eigenvalue weighted by Gasteiger charge is 2.26. The maximum absolute atomic E-state index is 11.0. The summed E-state index contributed by atoms with van der Waals surface area (Å²) in [6.45, 7) is 7.62. The van der Waals surface area contributed by atoms with Crippen LogP contribution in [0.5, 0.6) is 0 Å². The third kappa shape index (κ3) is 19.9. The molecule has 166 valence electrons. The van der Waals surface area contributed by atoms with Crippen molar-refractivity contribution in [3.8, 4) is 0 Å². The van der Waals surface area contributed by atoms with Gasteiger partial charge in [-0.05, 0) is 65.9 Å². The lowest BCUT2D eigenvalue weighted by Crippen LogP contribution is -2.23. The molecule has 0 spiro atoms. The molecule has 0 aromatic rings. The van der Waals surface area contributed by atoms with Crippen LogP contribution >= 0.6 is 34.4 Å². The first-order valence-electron chi connectivity index (χ1n) is 9.21. The Morgan fingerprint density at radius 3 is 1.41 bits per heavy atom. The molecule has 0 saturated carbocycles. The van der Waals surface area contributed by atoms with Gasteiger partial charge in [-0.2, -0.15) is 31.9 Å². The van der Waals surface area contributed by atoms with E-state index in [1.165, 1.54) is 0 Å². The minimum absolute atomic E-state index is 0.0301. The van der Waals surface area contributed by atoms with E-state index in [9.17, 15) is 8.42 Å². The van der Waals surface area contributed by atoms with E-state index in [-0.39, 0.29) is 22.3 Å². The Kier molecular flexibility index (Phi) is 12.9. The number of hydrogen-bond donors (Lipinski definition) is 4. The largest absolute Gasteiger partial charge is 0.308 e. The Balaban J connectivity index is 3.58. The molecule has 0 bridgehead atoms. The SMILES string of the molecule is CC(C)(CCCSCCCSCCCC(C)(C)CS(=O)(=O)O)CS(O)(O)O. The van der Waals surface area contributed by atoms with Crippen LogP contribution < -0.4 is 0 Å². The molecule has 0 unspecified atom stereocenters. The van der Waals surface area contributed by atoms with Crippen molar-refractivity contribution in [2.24, 2.45) is 10.8 Å². The van der Waals surface area contributed by atoms with E-state index in [2.05, 4.69) is 0 Å². The van der Waals surface area contributed by atoms with Gasteiger partial charge in [0, 0.05) is 0 Å². The van der Waals surface area contributed by atoms with Crippen molar-refractivity contribution >= 4 is 44.5 Å². The molecule has 0 aliphatic rings. The summed E-state index contributed by atoms with van der Waals surface area (Å²) in [6, 6.07) is 0. The first-order valence-corrected chi connectivity index (χ1v) is 14.8. The lowest BCUT2D eigenvalue weighted by molar-refractivity contribution is 0.318. The smallest absolute Gasteiger partial charge is 0.265 e. The number of thioether (sulfide) groups is 2. The van der Waals surface area contributed by atoms with Crippen molar-refractivity contribution in [2.45, 2.75) is 59.8 Å². The lowest BCUT2D eigenvalue weighted by Gasteiger charge is -2.31. The second-order valence-electron chi connectivity index (χ2n) is 8.62. The molecule has 0 aromatic carbocycles. The molecular formula is C17H38O6S4. The summed E-state index contributed by atoms with van der Waals surface area (Å²) >= 11 is 3.78. The van der Waals surface area contributed by atoms with Gasteiger partial charge in [0.25, 0.3) is 10.1 Å². The van der Waals surface area contributed by atoms with Crippen molar-refractivity contribution < 1.29 is 26.6 Å². The summed E-state index contributed by atoms with van der Waals surface area (Å²) in [7, 11) is -7.32. The average Bonchev–Trinajstić information content (AvgIpc) is 2.39. The van der Waals surface area contributed by atoms with E-state index in [1.807, 2.05) is 51.2 Å². The zero-order valence-electron chi connectivity index (χ0n) is 17.0. The van der Waals surface area contributed by atoms with Crippen LogP contribution in [0.25, 0.3) is 0 Å². The molecule has 0 atom stereocenters. The minimum Gasteiger partial charge on any atom is -0.308 e. The second-order valence-corrected chi connectivity index (χ2v) is 14.1. The molecule has 6 nitrogen and oxygen atoms in total. The summed E-state index contributed by atoms with van der Waals surface area (Å²) < 4.78 is 58.3. The third-order valence-corrected chi connectivity index (χ3v) is 8.64. The molecule has 4 N–H and O–H groups in total. The van der Waals surface area contributed by atoms with E-state index < -0.39 is 21.0 Å². The Morgan fingerprint density at radius 2 is 1.04 bits per heavy atom. The molecule has 10 heteroatoms. The fourth-order valence-corrected chi connectivity index (χ4v) is 7.24. The van der Waals surface area contributed by atoms with Crippen LogP contribution in [0.4, 0.5) is 0 Å². The Morgan fingerprint density at radius 1 is 0.667 bits per heavy atom. The Hall–Kier alpha value is 0.840. The molecule has 0 saturated heterocycles. The maximum atomic E-state index is 11.0. The van der Waals surface area contributed by atoms with Crippen LogP contribution in [0, 0.1) is 10.8 Å². The number of hydrogen-bond acceptors (Lipinski definition) is 7. The summed E-state index contributed by atoms with van der Waals surface area (Å²) in [5, 5.41) is 0. The average molecular weight is 467 g/mol. The van der Waals surface area contributed by atoms with Crippen molar-refractivity contribution in [3.05, 3.63) is 0 Å². The summed E-state index contributed by atoms with van der Waals surface area (Å²) in [4.78, 5) is 0. The zero-order valence-corrected chi connectivity index (χ0v) is 20.3. The van der Waals surface area contributed by atoms with Crippen LogP contribution in [0.15, 0.2) is 0 Å². The van der Waals surface area contributed by atoms with E-state index in [0.29, 0.717) is 0 Å². The summed E-state index contributed by atoms with van der Waals surface area (Å²) in [6.07, 6.45) is 4.69. The van der Waals surface area contributed by atoms with Crippen molar-refractivity contribution in [3.63, 3.8) is 0 Å². The van der Waals surface area contributed by atoms with E-state index >= 15 is 0 Å². The fourth-order valence-electron chi connectivity index (χ4n) is 2.94. The van der Waals surface area contributed by atoms with Crippen LogP contribution in [-0.4, -0.2) is 61.1 Å². The molecule has 0 radical (unpaired) electrons. The molecule has 27 heavy (non-hydrogen) atoms. The Labute approximate surface area is 176 Å². The van der Waals surface area contributed by atoms with Crippen molar-refractivity contribution in [1.29, 1.82) is 0 Å². The van der Waals surface area contributed by atoms with Crippen LogP contribution in [0.3, 0.4) is 0 Å². The number of rotatable bonds is 16. The predicted octanol–water partition coefficient (Wildman–Crippen LogP) is 5.57.